The van der Waals surface area contributed by atoms with E-state index in [-0.39, 0.29) is 11.9 Å². The molecular weight excluding hydrogens is 376 g/mol. The Balaban J connectivity index is 2.33. The SMILES string of the molecule is CCNC(Cc1ccc(Br)cc1F)c1cccc(Cl)c1Cl. The largest absolute Gasteiger partial charge is 0.310 e. The second-order valence-corrected chi connectivity index (χ2v) is 6.39. The van der Waals surface area contributed by atoms with Crippen molar-refractivity contribution in [3.63, 3.8) is 0 Å². The third-order valence-corrected chi connectivity index (χ3v) is 4.57. The van der Waals surface area contributed by atoms with Crippen LogP contribution in [0.5, 0.6) is 0 Å². The summed E-state index contributed by atoms with van der Waals surface area (Å²) in [6.45, 7) is 2.76. The van der Waals surface area contributed by atoms with Crippen molar-refractivity contribution in [3.8, 4) is 0 Å². The molecule has 0 aromatic heterocycles. The zero-order chi connectivity index (χ0) is 15.4. The normalized spacial score (nSPS) is 12.4. The maximum absolute atomic E-state index is 14.0. The molecule has 112 valence electrons. The van der Waals surface area contributed by atoms with Crippen LogP contribution in [0.15, 0.2) is 40.9 Å². The van der Waals surface area contributed by atoms with Crippen LogP contribution in [0, 0.1) is 5.82 Å². The standard InChI is InChI=1S/C16H15BrCl2FN/c1-2-21-15(12-4-3-5-13(18)16(12)19)8-10-6-7-11(17)9-14(10)20/h3-7,9,15,21H,2,8H2,1H3. The monoisotopic (exact) mass is 389 g/mol. The molecule has 0 fully saturated rings. The van der Waals surface area contributed by atoms with Crippen molar-refractivity contribution >= 4 is 39.1 Å². The van der Waals surface area contributed by atoms with Gasteiger partial charge in [-0.25, -0.2) is 4.39 Å². The fraction of sp³-hybridized carbons (Fsp3) is 0.250. The van der Waals surface area contributed by atoms with Crippen molar-refractivity contribution < 1.29 is 4.39 Å². The number of nitrogens with one attached hydrogen (secondary N) is 1. The Hall–Kier alpha value is -0.610. The van der Waals surface area contributed by atoms with Gasteiger partial charge in [0.1, 0.15) is 5.82 Å². The number of rotatable bonds is 5. The number of halogens is 4. The molecule has 0 aliphatic carbocycles. The maximum Gasteiger partial charge on any atom is 0.127 e. The minimum atomic E-state index is -0.231. The number of hydrogen-bond donors (Lipinski definition) is 1. The average molecular weight is 391 g/mol. The number of hydrogen-bond acceptors (Lipinski definition) is 1. The Morgan fingerprint density at radius 3 is 2.67 bits per heavy atom. The quantitative estimate of drug-likeness (QED) is 0.681. The van der Waals surface area contributed by atoms with Crippen LogP contribution in [0.1, 0.15) is 24.1 Å². The average Bonchev–Trinajstić information content (AvgIpc) is 2.44. The molecule has 1 nitrogen and oxygen atoms in total. The predicted octanol–water partition coefficient (Wildman–Crippen LogP) is 5.79. The van der Waals surface area contributed by atoms with Gasteiger partial charge in [0.05, 0.1) is 10.0 Å². The summed E-state index contributed by atoms with van der Waals surface area (Å²) in [6, 6.07) is 10.5. The molecule has 1 N–H and O–H groups in total. The molecule has 0 spiro atoms. The van der Waals surface area contributed by atoms with E-state index in [1.54, 1.807) is 12.1 Å². The van der Waals surface area contributed by atoms with Gasteiger partial charge in [0.2, 0.25) is 0 Å². The molecule has 0 saturated carbocycles. The molecular formula is C16H15BrCl2FN. The van der Waals surface area contributed by atoms with E-state index < -0.39 is 0 Å². The minimum absolute atomic E-state index is 0.0862. The first kappa shape index (κ1) is 16.8. The summed E-state index contributed by atoms with van der Waals surface area (Å²) in [7, 11) is 0. The van der Waals surface area contributed by atoms with Crippen molar-refractivity contribution in [2.45, 2.75) is 19.4 Å². The van der Waals surface area contributed by atoms with E-state index in [0.29, 0.717) is 22.0 Å². The van der Waals surface area contributed by atoms with E-state index >= 15 is 0 Å². The van der Waals surface area contributed by atoms with Crippen LogP contribution in [0.2, 0.25) is 10.0 Å². The first-order valence-electron chi connectivity index (χ1n) is 6.64. The van der Waals surface area contributed by atoms with Gasteiger partial charge in [0.25, 0.3) is 0 Å². The van der Waals surface area contributed by atoms with E-state index in [4.69, 9.17) is 23.2 Å². The molecule has 0 aliphatic heterocycles. The van der Waals surface area contributed by atoms with E-state index in [0.717, 1.165) is 16.6 Å². The van der Waals surface area contributed by atoms with Crippen molar-refractivity contribution in [1.29, 1.82) is 0 Å². The molecule has 2 rings (SSSR count). The summed E-state index contributed by atoms with van der Waals surface area (Å²) in [5, 5.41) is 4.36. The van der Waals surface area contributed by atoms with Crippen LogP contribution in [0.3, 0.4) is 0 Å². The lowest BCUT2D eigenvalue weighted by Crippen LogP contribution is -2.23. The number of benzene rings is 2. The highest BCUT2D eigenvalue weighted by molar-refractivity contribution is 9.10. The van der Waals surface area contributed by atoms with E-state index in [1.165, 1.54) is 6.07 Å². The van der Waals surface area contributed by atoms with Crippen LogP contribution < -0.4 is 5.32 Å². The van der Waals surface area contributed by atoms with Gasteiger partial charge in [-0.1, -0.05) is 64.3 Å². The fourth-order valence-corrected chi connectivity index (χ4v) is 3.01. The first-order chi connectivity index (χ1) is 10.0. The summed E-state index contributed by atoms with van der Waals surface area (Å²) < 4.78 is 14.8. The van der Waals surface area contributed by atoms with Gasteiger partial charge in [-0.2, -0.15) is 0 Å². The second kappa shape index (κ2) is 7.59. The highest BCUT2D eigenvalue weighted by Crippen LogP contribution is 2.32. The molecule has 0 bridgehead atoms. The summed E-state index contributed by atoms with van der Waals surface area (Å²) >= 11 is 15.6. The lowest BCUT2D eigenvalue weighted by atomic mass is 9.98. The fourth-order valence-electron chi connectivity index (χ4n) is 2.24. The molecule has 0 radical (unpaired) electrons. The summed E-state index contributed by atoms with van der Waals surface area (Å²) in [5.74, 6) is -0.231. The Morgan fingerprint density at radius 2 is 2.00 bits per heavy atom. The van der Waals surface area contributed by atoms with E-state index in [9.17, 15) is 4.39 Å². The summed E-state index contributed by atoms with van der Waals surface area (Å²) in [5.41, 5.74) is 1.52. The molecule has 1 unspecified atom stereocenters. The summed E-state index contributed by atoms with van der Waals surface area (Å²) in [4.78, 5) is 0. The van der Waals surface area contributed by atoms with Gasteiger partial charge >= 0.3 is 0 Å². The van der Waals surface area contributed by atoms with Crippen LogP contribution in [0.25, 0.3) is 0 Å². The van der Waals surface area contributed by atoms with Crippen molar-refractivity contribution in [3.05, 3.63) is 67.9 Å². The van der Waals surface area contributed by atoms with Crippen LogP contribution in [-0.4, -0.2) is 6.54 Å². The Kier molecular flexibility index (Phi) is 6.06. The molecule has 21 heavy (non-hydrogen) atoms. The molecule has 0 amide bonds. The number of likely N-dealkylation sites (N-methyl/N-ethyl adjacent to an activating group) is 1. The van der Waals surface area contributed by atoms with Crippen LogP contribution >= 0.6 is 39.1 Å². The topological polar surface area (TPSA) is 12.0 Å². The molecule has 0 saturated heterocycles. The van der Waals surface area contributed by atoms with Gasteiger partial charge in [0, 0.05) is 10.5 Å². The molecule has 5 heteroatoms. The predicted molar refractivity (Wildman–Crippen MR) is 90.7 cm³/mol. The Morgan fingerprint density at radius 1 is 1.24 bits per heavy atom. The molecule has 2 aromatic carbocycles. The lowest BCUT2D eigenvalue weighted by Gasteiger charge is -2.20. The zero-order valence-corrected chi connectivity index (χ0v) is 14.6. The van der Waals surface area contributed by atoms with Gasteiger partial charge in [-0.15, -0.1) is 0 Å². The summed E-state index contributed by atoms with van der Waals surface area (Å²) in [6.07, 6.45) is 0.507. The molecule has 0 aliphatic rings. The third-order valence-electron chi connectivity index (χ3n) is 3.25. The third kappa shape index (κ3) is 4.19. The van der Waals surface area contributed by atoms with Crippen LogP contribution in [0.4, 0.5) is 4.39 Å². The van der Waals surface area contributed by atoms with Crippen molar-refractivity contribution in [2.24, 2.45) is 0 Å². The van der Waals surface area contributed by atoms with Crippen molar-refractivity contribution in [1.82, 2.24) is 5.32 Å². The highest BCUT2D eigenvalue weighted by Gasteiger charge is 2.17. The smallest absolute Gasteiger partial charge is 0.127 e. The lowest BCUT2D eigenvalue weighted by molar-refractivity contribution is 0.528. The molecule has 1 atom stereocenters. The second-order valence-electron chi connectivity index (χ2n) is 4.69. The molecule has 0 heterocycles. The van der Waals surface area contributed by atoms with Gasteiger partial charge in [-0.05, 0) is 42.3 Å². The Bertz CT molecular complexity index is 634. The van der Waals surface area contributed by atoms with E-state index in [1.807, 2.05) is 25.1 Å². The van der Waals surface area contributed by atoms with Gasteiger partial charge in [0.15, 0.2) is 0 Å². The van der Waals surface area contributed by atoms with E-state index in [2.05, 4.69) is 21.2 Å². The molecule has 2 aromatic rings. The first-order valence-corrected chi connectivity index (χ1v) is 8.19. The van der Waals surface area contributed by atoms with Gasteiger partial charge in [-0.3, -0.25) is 0 Å². The minimum Gasteiger partial charge on any atom is -0.310 e. The van der Waals surface area contributed by atoms with Crippen molar-refractivity contribution in [2.75, 3.05) is 6.54 Å². The Labute approximate surface area is 142 Å². The maximum atomic E-state index is 14.0. The zero-order valence-electron chi connectivity index (χ0n) is 11.5. The highest BCUT2D eigenvalue weighted by atomic mass is 79.9. The van der Waals surface area contributed by atoms with Gasteiger partial charge < -0.3 is 5.32 Å². The van der Waals surface area contributed by atoms with Crippen LogP contribution in [-0.2, 0) is 6.42 Å².